The van der Waals surface area contributed by atoms with Gasteiger partial charge in [0.15, 0.2) is 0 Å². The quantitative estimate of drug-likeness (QED) is 0.823. The Kier molecular flexibility index (Phi) is 2.37. The number of anilines is 1. The molecule has 1 heterocycles. The summed E-state index contributed by atoms with van der Waals surface area (Å²) in [7, 11) is 0. The van der Waals surface area contributed by atoms with Gasteiger partial charge in [0.1, 0.15) is 5.82 Å². The zero-order valence-corrected chi connectivity index (χ0v) is 9.45. The summed E-state index contributed by atoms with van der Waals surface area (Å²) in [6, 6.07) is 11.7. The largest absolute Gasteiger partial charge is 0.393 e. The van der Waals surface area contributed by atoms with Gasteiger partial charge >= 0.3 is 0 Å². The maximum Gasteiger partial charge on any atom is 0.127 e. The number of nitrogens with zero attached hydrogens (tertiary/aromatic N) is 2. The molecule has 1 aliphatic rings. The molecule has 0 saturated heterocycles. The predicted molar refractivity (Wildman–Crippen MR) is 66.0 cm³/mol. The molecular weight excluding hydrogens is 214 g/mol. The number of aromatic nitrogens is 2. The molecule has 1 aliphatic carbocycles. The van der Waals surface area contributed by atoms with Gasteiger partial charge in [-0.25, -0.2) is 4.68 Å². The Morgan fingerprint density at radius 3 is 2.59 bits per heavy atom. The van der Waals surface area contributed by atoms with Crippen LogP contribution >= 0.6 is 0 Å². The van der Waals surface area contributed by atoms with E-state index in [-0.39, 0.29) is 6.10 Å². The van der Waals surface area contributed by atoms with Crippen LogP contribution in [0.3, 0.4) is 0 Å². The van der Waals surface area contributed by atoms with Gasteiger partial charge < -0.3 is 10.8 Å². The second-order valence-electron chi connectivity index (χ2n) is 4.56. The van der Waals surface area contributed by atoms with E-state index < -0.39 is 0 Å². The standard InChI is InChI=1S/C13H15N3O/c14-13-8-12(9-6-11(17)7-9)15-16(13)10-4-2-1-3-5-10/h1-5,8-9,11,17H,6-7,14H2. The predicted octanol–water partition coefficient (Wildman–Crippen LogP) is 1.69. The number of aliphatic hydroxyl groups is 1. The number of hydrogen-bond donors (Lipinski definition) is 2. The molecule has 0 bridgehead atoms. The Balaban J connectivity index is 1.91. The van der Waals surface area contributed by atoms with Crippen molar-refractivity contribution in [3.63, 3.8) is 0 Å². The monoisotopic (exact) mass is 229 g/mol. The minimum absolute atomic E-state index is 0.164. The molecule has 1 saturated carbocycles. The van der Waals surface area contributed by atoms with Crippen LogP contribution in [0, 0.1) is 0 Å². The fourth-order valence-electron chi connectivity index (χ4n) is 2.22. The van der Waals surface area contributed by atoms with Gasteiger partial charge in [0.25, 0.3) is 0 Å². The number of rotatable bonds is 2. The van der Waals surface area contributed by atoms with Crippen molar-refractivity contribution in [2.75, 3.05) is 5.73 Å². The number of aliphatic hydroxyl groups excluding tert-OH is 1. The summed E-state index contributed by atoms with van der Waals surface area (Å²) >= 11 is 0. The summed E-state index contributed by atoms with van der Waals surface area (Å²) in [6.07, 6.45) is 1.43. The lowest BCUT2D eigenvalue weighted by Gasteiger charge is -2.29. The molecule has 88 valence electrons. The molecule has 4 heteroatoms. The number of benzene rings is 1. The zero-order valence-electron chi connectivity index (χ0n) is 9.45. The maximum atomic E-state index is 9.31. The van der Waals surface area contributed by atoms with Crippen LogP contribution in [0.2, 0.25) is 0 Å². The van der Waals surface area contributed by atoms with Crippen LogP contribution in [0.15, 0.2) is 36.4 Å². The first-order valence-electron chi connectivity index (χ1n) is 5.83. The highest BCUT2D eigenvalue weighted by atomic mass is 16.3. The van der Waals surface area contributed by atoms with E-state index in [0.717, 1.165) is 24.2 Å². The Morgan fingerprint density at radius 1 is 1.24 bits per heavy atom. The van der Waals surface area contributed by atoms with Crippen LogP contribution in [0.1, 0.15) is 24.5 Å². The summed E-state index contributed by atoms with van der Waals surface area (Å²) < 4.78 is 1.75. The van der Waals surface area contributed by atoms with Crippen molar-refractivity contribution in [2.24, 2.45) is 0 Å². The van der Waals surface area contributed by atoms with Crippen LogP contribution in [0.5, 0.6) is 0 Å². The minimum atomic E-state index is -0.164. The fraction of sp³-hybridized carbons (Fsp3) is 0.308. The van der Waals surface area contributed by atoms with Gasteiger partial charge in [-0.1, -0.05) is 18.2 Å². The van der Waals surface area contributed by atoms with E-state index in [1.54, 1.807) is 4.68 Å². The first-order valence-corrected chi connectivity index (χ1v) is 5.83. The fourth-order valence-corrected chi connectivity index (χ4v) is 2.22. The summed E-state index contributed by atoms with van der Waals surface area (Å²) in [5, 5.41) is 13.8. The van der Waals surface area contributed by atoms with Crippen molar-refractivity contribution in [1.82, 2.24) is 9.78 Å². The van der Waals surface area contributed by atoms with Crippen LogP contribution in [-0.4, -0.2) is 21.0 Å². The normalized spacial score (nSPS) is 23.4. The van der Waals surface area contributed by atoms with Gasteiger partial charge in [-0.15, -0.1) is 0 Å². The molecular formula is C13H15N3O. The van der Waals surface area contributed by atoms with Gasteiger partial charge in [0.05, 0.1) is 17.5 Å². The summed E-state index contributed by atoms with van der Waals surface area (Å²) in [5.74, 6) is 1.00. The molecule has 2 aromatic rings. The maximum absolute atomic E-state index is 9.31. The van der Waals surface area contributed by atoms with Crippen molar-refractivity contribution in [2.45, 2.75) is 24.9 Å². The Morgan fingerprint density at radius 2 is 1.94 bits per heavy atom. The molecule has 3 N–H and O–H groups in total. The van der Waals surface area contributed by atoms with E-state index in [1.165, 1.54) is 0 Å². The van der Waals surface area contributed by atoms with E-state index in [9.17, 15) is 5.11 Å². The molecule has 1 fully saturated rings. The zero-order chi connectivity index (χ0) is 11.8. The molecule has 3 rings (SSSR count). The van der Waals surface area contributed by atoms with Crippen molar-refractivity contribution in [1.29, 1.82) is 0 Å². The molecule has 0 spiro atoms. The third kappa shape index (κ3) is 1.80. The number of hydrogen-bond acceptors (Lipinski definition) is 3. The molecule has 1 aromatic carbocycles. The van der Waals surface area contributed by atoms with E-state index in [1.807, 2.05) is 36.4 Å². The lowest BCUT2D eigenvalue weighted by Crippen LogP contribution is -2.26. The lowest BCUT2D eigenvalue weighted by atomic mass is 9.80. The second-order valence-corrected chi connectivity index (χ2v) is 4.56. The Bertz CT molecular complexity index is 515. The average Bonchev–Trinajstić information content (AvgIpc) is 2.68. The van der Waals surface area contributed by atoms with Crippen LogP contribution in [0.4, 0.5) is 5.82 Å². The van der Waals surface area contributed by atoms with E-state index in [4.69, 9.17) is 5.73 Å². The third-order valence-electron chi connectivity index (χ3n) is 3.29. The summed E-state index contributed by atoms with van der Waals surface area (Å²) in [4.78, 5) is 0. The molecule has 0 amide bonds. The van der Waals surface area contributed by atoms with Crippen LogP contribution in [0.25, 0.3) is 5.69 Å². The first-order chi connectivity index (χ1) is 8.24. The molecule has 0 aliphatic heterocycles. The van der Waals surface area contributed by atoms with E-state index >= 15 is 0 Å². The van der Waals surface area contributed by atoms with Gasteiger partial charge in [-0.05, 0) is 25.0 Å². The Hall–Kier alpha value is -1.81. The van der Waals surface area contributed by atoms with Gasteiger partial charge in [-0.2, -0.15) is 5.10 Å². The second kappa shape index (κ2) is 3.89. The van der Waals surface area contributed by atoms with E-state index in [0.29, 0.717) is 11.7 Å². The SMILES string of the molecule is Nc1cc(C2CC(O)C2)nn1-c1ccccc1. The minimum Gasteiger partial charge on any atom is -0.393 e. The van der Waals surface area contributed by atoms with Crippen molar-refractivity contribution in [3.8, 4) is 5.69 Å². The van der Waals surface area contributed by atoms with Crippen LogP contribution in [-0.2, 0) is 0 Å². The highest BCUT2D eigenvalue weighted by molar-refractivity contribution is 5.43. The lowest BCUT2D eigenvalue weighted by molar-refractivity contribution is 0.0731. The molecule has 1 aromatic heterocycles. The Labute approximate surface area is 99.7 Å². The van der Waals surface area contributed by atoms with Crippen molar-refractivity contribution in [3.05, 3.63) is 42.1 Å². The average molecular weight is 229 g/mol. The molecule has 0 unspecified atom stereocenters. The molecule has 17 heavy (non-hydrogen) atoms. The topological polar surface area (TPSA) is 64.1 Å². The molecule has 0 radical (unpaired) electrons. The highest BCUT2D eigenvalue weighted by Crippen LogP contribution is 2.36. The summed E-state index contributed by atoms with van der Waals surface area (Å²) in [5.41, 5.74) is 7.91. The number of para-hydroxylation sites is 1. The first kappa shape index (κ1) is 10.4. The van der Waals surface area contributed by atoms with Crippen molar-refractivity contribution >= 4 is 5.82 Å². The van der Waals surface area contributed by atoms with E-state index in [2.05, 4.69) is 5.10 Å². The third-order valence-corrected chi connectivity index (χ3v) is 3.29. The van der Waals surface area contributed by atoms with Gasteiger partial charge in [-0.3, -0.25) is 0 Å². The summed E-state index contributed by atoms with van der Waals surface area (Å²) in [6.45, 7) is 0. The number of nitrogen functional groups attached to an aromatic ring is 1. The van der Waals surface area contributed by atoms with Gasteiger partial charge in [0, 0.05) is 12.0 Å². The van der Waals surface area contributed by atoms with Crippen molar-refractivity contribution < 1.29 is 5.11 Å². The van der Waals surface area contributed by atoms with Crippen LogP contribution < -0.4 is 5.73 Å². The van der Waals surface area contributed by atoms with Gasteiger partial charge in [0.2, 0.25) is 0 Å². The highest BCUT2D eigenvalue weighted by Gasteiger charge is 2.30. The molecule has 0 atom stereocenters. The smallest absolute Gasteiger partial charge is 0.127 e. The molecule has 4 nitrogen and oxygen atoms in total. The number of nitrogens with two attached hydrogens (primary N) is 1.